The number of benzene rings is 2. The summed E-state index contributed by atoms with van der Waals surface area (Å²) in [5.41, 5.74) is 14.9. The van der Waals surface area contributed by atoms with Crippen molar-refractivity contribution in [3.63, 3.8) is 0 Å². The zero-order valence-corrected chi connectivity index (χ0v) is 14.4. The van der Waals surface area contributed by atoms with Gasteiger partial charge in [0.2, 0.25) is 5.91 Å². The first-order valence-corrected chi connectivity index (χ1v) is 8.24. The number of nitrogens with one attached hydrogen (secondary N) is 1. The average molecular weight is 356 g/mol. The second-order valence-electron chi connectivity index (χ2n) is 5.69. The van der Waals surface area contributed by atoms with E-state index in [1.165, 1.54) is 6.08 Å². The number of amides is 1. The Labute approximate surface area is 152 Å². The molecule has 0 bridgehead atoms. The Morgan fingerprint density at radius 2 is 1.69 bits per heavy atom. The third-order valence-electron chi connectivity index (χ3n) is 3.77. The first-order valence-electron chi connectivity index (χ1n) is 8.24. The van der Waals surface area contributed by atoms with E-state index in [0.29, 0.717) is 35.7 Å². The van der Waals surface area contributed by atoms with Crippen molar-refractivity contribution >= 4 is 34.7 Å². The molecule has 0 atom stereocenters. The highest BCUT2D eigenvalue weighted by atomic mass is 16.3. The molecule has 0 aliphatic rings. The monoisotopic (exact) mass is 356 g/mol. The number of aliphatic hydroxyl groups is 2. The lowest BCUT2D eigenvalue weighted by Gasteiger charge is -2.23. The maximum atomic E-state index is 12.1. The summed E-state index contributed by atoms with van der Waals surface area (Å²) in [5.74, 6) is -0.290. The Morgan fingerprint density at radius 1 is 1.04 bits per heavy atom. The molecule has 7 heteroatoms. The zero-order valence-electron chi connectivity index (χ0n) is 14.4. The van der Waals surface area contributed by atoms with Gasteiger partial charge in [0.1, 0.15) is 0 Å². The molecular weight excluding hydrogens is 332 g/mol. The van der Waals surface area contributed by atoms with Crippen molar-refractivity contribution in [2.75, 3.05) is 48.0 Å². The minimum Gasteiger partial charge on any atom is -0.399 e. The van der Waals surface area contributed by atoms with Crippen LogP contribution in [0.1, 0.15) is 5.56 Å². The summed E-state index contributed by atoms with van der Waals surface area (Å²) in [5, 5.41) is 21.1. The highest BCUT2D eigenvalue weighted by Gasteiger charge is 2.07. The van der Waals surface area contributed by atoms with Crippen LogP contribution < -0.4 is 21.7 Å². The maximum absolute atomic E-state index is 12.1. The smallest absolute Gasteiger partial charge is 0.248 e. The van der Waals surface area contributed by atoms with Crippen molar-refractivity contribution in [3.8, 4) is 0 Å². The summed E-state index contributed by atoms with van der Waals surface area (Å²) in [4.78, 5) is 13.9. The van der Waals surface area contributed by atoms with Crippen LogP contribution in [0, 0.1) is 0 Å². The van der Waals surface area contributed by atoms with E-state index in [4.69, 9.17) is 21.7 Å². The van der Waals surface area contributed by atoms with Crippen LogP contribution in [0.4, 0.5) is 22.7 Å². The summed E-state index contributed by atoms with van der Waals surface area (Å²) in [6.45, 7) is 0.732. The SMILES string of the molecule is Nc1ccc(NC(=O)C=Cc2cc(N(CCO)CCO)ccc2N)cc1. The molecule has 0 saturated carbocycles. The van der Waals surface area contributed by atoms with Crippen molar-refractivity contribution < 1.29 is 15.0 Å². The van der Waals surface area contributed by atoms with Crippen molar-refractivity contribution in [3.05, 3.63) is 54.1 Å². The lowest BCUT2D eigenvalue weighted by atomic mass is 10.1. The Bertz CT molecular complexity index is 754. The van der Waals surface area contributed by atoms with Crippen molar-refractivity contribution in [1.82, 2.24) is 0 Å². The topological polar surface area (TPSA) is 125 Å². The van der Waals surface area contributed by atoms with Crippen molar-refractivity contribution in [2.24, 2.45) is 0 Å². The summed E-state index contributed by atoms with van der Waals surface area (Å²) in [6.07, 6.45) is 3.02. The van der Waals surface area contributed by atoms with Gasteiger partial charge in [0.05, 0.1) is 13.2 Å². The molecule has 0 aromatic heterocycles. The van der Waals surface area contributed by atoms with E-state index >= 15 is 0 Å². The molecule has 0 aliphatic carbocycles. The molecule has 2 aromatic rings. The van der Waals surface area contributed by atoms with Gasteiger partial charge in [-0.3, -0.25) is 4.79 Å². The number of hydrogen-bond acceptors (Lipinski definition) is 6. The molecule has 2 rings (SSSR count). The van der Waals surface area contributed by atoms with Crippen LogP contribution in [0.15, 0.2) is 48.5 Å². The standard InChI is InChI=1S/C19H24N4O3/c20-15-2-4-16(5-3-15)22-19(26)8-1-14-13-17(6-7-18(14)21)23(9-11-24)10-12-25/h1-8,13,24-25H,9-12,20-21H2,(H,22,26). The fraction of sp³-hybridized carbons (Fsp3) is 0.211. The highest BCUT2D eigenvalue weighted by molar-refractivity contribution is 6.02. The number of anilines is 4. The zero-order chi connectivity index (χ0) is 18.9. The molecule has 0 radical (unpaired) electrons. The van der Waals surface area contributed by atoms with Crippen LogP contribution in [0.5, 0.6) is 0 Å². The molecule has 138 valence electrons. The minimum atomic E-state index is -0.290. The Kier molecular flexibility index (Phi) is 7.02. The number of carbonyl (C=O) groups is 1. The quantitative estimate of drug-likeness (QED) is 0.359. The molecule has 0 aliphatic heterocycles. The minimum absolute atomic E-state index is 0.0282. The number of nitrogens with two attached hydrogens (primary N) is 2. The predicted octanol–water partition coefficient (Wildman–Crippen LogP) is 1.29. The largest absolute Gasteiger partial charge is 0.399 e. The van der Waals surface area contributed by atoms with E-state index in [1.54, 1.807) is 36.4 Å². The molecule has 0 saturated heterocycles. The number of carbonyl (C=O) groups excluding carboxylic acids is 1. The lowest BCUT2D eigenvalue weighted by Crippen LogP contribution is -2.29. The van der Waals surface area contributed by atoms with Gasteiger partial charge >= 0.3 is 0 Å². The predicted molar refractivity (Wildman–Crippen MR) is 106 cm³/mol. The fourth-order valence-corrected chi connectivity index (χ4v) is 2.43. The van der Waals surface area contributed by atoms with Gasteiger partial charge in [-0.25, -0.2) is 0 Å². The summed E-state index contributed by atoms with van der Waals surface area (Å²) < 4.78 is 0. The van der Waals surface area contributed by atoms with Gasteiger partial charge in [0.15, 0.2) is 0 Å². The molecule has 0 heterocycles. The first-order chi connectivity index (χ1) is 12.5. The Morgan fingerprint density at radius 3 is 2.31 bits per heavy atom. The average Bonchev–Trinajstić information content (AvgIpc) is 2.63. The van der Waals surface area contributed by atoms with Gasteiger partial charge in [-0.05, 0) is 54.1 Å². The number of rotatable bonds is 8. The molecule has 7 N–H and O–H groups in total. The second-order valence-corrected chi connectivity index (χ2v) is 5.69. The molecular formula is C19H24N4O3. The Hall–Kier alpha value is -3.03. The molecule has 0 spiro atoms. The third-order valence-corrected chi connectivity index (χ3v) is 3.77. The van der Waals surface area contributed by atoms with Crippen LogP contribution in [-0.2, 0) is 4.79 Å². The van der Waals surface area contributed by atoms with E-state index < -0.39 is 0 Å². The number of nitrogens with zero attached hydrogens (tertiary/aromatic N) is 1. The number of aliphatic hydroxyl groups excluding tert-OH is 2. The lowest BCUT2D eigenvalue weighted by molar-refractivity contribution is -0.111. The first kappa shape index (κ1) is 19.3. The number of nitrogen functional groups attached to an aromatic ring is 2. The summed E-state index contributed by atoms with van der Waals surface area (Å²) in [7, 11) is 0. The Balaban J connectivity index is 2.11. The van der Waals surface area contributed by atoms with Gasteiger partial charge in [-0.1, -0.05) is 0 Å². The summed E-state index contributed by atoms with van der Waals surface area (Å²) in [6, 6.07) is 12.2. The van der Waals surface area contributed by atoms with Crippen LogP contribution in [0.2, 0.25) is 0 Å². The van der Waals surface area contributed by atoms with E-state index in [0.717, 1.165) is 5.69 Å². The maximum Gasteiger partial charge on any atom is 0.248 e. The molecule has 0 unspecified atom stereocenters. The molecule has 7 nitrogen and oxygen atoms in total. The summed E-state index contributed by atoms with van der Waals surface area (Å²) >= 11 is 0. The highest BCUT2D eigenvalue weighted by Crippen LogP contribution is 2.22. The molecule has 0 fully saturated rings. The molecule has 1 amide bonds. The van der Waals surface area contributed by atoms with Crippen molar-refractivity contribution in [2.45, 2.75) is 0 Å². The van der Waals surface area contributed by atoms with Gasteiger partial charge in [0.25, 0.3) is 0 Å². The van der Waals surface area contributed by atoms with Gasteiger partial charge < -0.3 is 31.9 Å². The van der Waals surface area contributed by atoms with E-state index in [2.05, 4.69) is 5.32 Å². The van der Waals surface area contributed by atoms with Crippen LogP contribution >= 0.6 is 0 Å². The van der Waals surface area contributed by atoms with Gasteiger partial charge in [-0.2, -0.15) is 0 Å². The van der Waals surface area contributed by atoms with E-state index in [9.17, 15) is 4.79 Å². The van der Waals surface area contributed by atoms with Gasteiger partial charge in [0, 0.05) is 41.9 Å². The fourth-order valence-electron chi connectivity index (χ4n) is 2.43. The van der Waals surface area contributed by atoms with Crippen LogP contribution in [-0.4, -0.2) is 42.4 Å². The normalized spacial score (nSPS) is 10.8. The van der Waals surface area contributed by atoms with E-state index in [-0.39, 0.29) is 19.1 Å². The second kappa shape index (κ2) is 9.45. The van der Waals surface area contributed by atoms with Crippen molar-refractivity contribution in [1.29, 1.82) is 0 Å². The van der Waals surface area contributed by atoms with Crippen LogP contribution in [0.25, 0.3) is 6.08 Å². The molecule has 26 heavy (non-hydrogen) atoms. The molecule has 2 aromatic carbocycles. The number of hydrogen-bond donors (Lipinski definition) is 5. The third kappa shape index (κ3) is 5.51. The van der Waals surface area contributed by atoms with Crippen LogP contribution in [0.3, 0.4) is 0 Å². The van der Waals surface area contributed by atoms with Gasteiger partial charge in [-0.15, -0.1) is 0 Å². The van der Waals surface area contributed by atoms with E-state index in [1.807, 2.05) is 17.0 Å².